The average molecular weight is 210 g/mol. The van der Waals surface area contributed by atoms with Gasteiger partial charge < -0.3 is 10.6 Å². The van der Waals surface area contributed by atoms with Crippen molar-refractivity contribution in [2.45, 2.75) is 70.5 Å². The number of nitrogens with one attached hydrogen (secondary N) is 2. The molecule has 2 N–H and O–H groups in total. The summed E-state index contributed by atoms with van der Waals surface area (Å²) in [5.74, 6) is 0.994. The zero-order valence-electron chi connectivity index (χ0n) is 10.3. The van der Waals surface area contributed by atoms with Gasteiger partial charge in [0.2, 0.25) is 0 Å². The van der Waals surface area contributed by atoms with E-state index < -0.39 is 0 Å². The first kappa shape index (κ1) is 11.4. The molecule has 2 heteroatoms. The highest BCUT2D eigenvalue weighted by atomic mass is 15.0. The zero-order valence-corrected chi connectivity index (χ0v) is 10.3. The van der Waals surface area contributed by atoms with Gasteiger partial charge in [-0.05, 0) is 51.5 Å². The van der Waals surface area contributed by atoms with Gasteiger partial charge in [-0.1, -0.05) is 13.3 Å². The molecule has 0 spiro atoms. The van der Waals surface area contributed by atoms with E-state index in [1.54, 1.807) is 0 Å². The molecule has 0 aromatic carbocycles. The summed E-state index contributed by atoms with van der Waals surface area (Å²) in [6.07, 6.45) is 8.27. The Morgan fingerprint density at radius 3 is 3.00 bits per heavy atom. The molecular weight excluding hydrogens is 184 g/mol. The van der Waals surface area contributed by atoms with Crippen molar-refractivity contribution in [3.63, 3.8) is 0 Å². The van der Waals surface area contributed by atoms with Crippen molar-refractivity contribution < 1.29 is 0 Å². The van der Waals surface area contributed by atoms with E-state index in [-0.39, 0.29) is 0 Å². The summed E-state index contributed by atoms with van der Waals surface area (Å²) in [6, 6.07) is 2.34. The molecule has 1 aliphatic heterocycles. The highest BCUT2D eigenvalue weighted by Crippen LogP contribution is 2.35. The van der Waals surface area contributed by atoms with Crippen LogP contribution in [0, 0.1) is 5.92 Å². The van der Waals surface area contributed by atoms with Crippen LogP contribution in [0.4, 0.5) is 0 Å². The fourth-order valence-electron chi connectivity index (χ4n) is 2.96. The Morgan fingerprint density at radius 1 is 1.47 bits per heavy atom. The maximum atomic E-state index is 3.78. The van der Waals surface area contributed by atoms with Gasteiger partial charge >= 0.3 is 0 Å². The van der Waals surface area contributed by atoms with Gasteiger partial charge in [-0.3, -0.25) is 0 Å². The molecule has 0 bridgehead atoms. The van der Waals surface area contributed by atoms with Gasteiger partial charge in [0, 0.05) is 18.1 Å². The largest absolute Gasteiger partial charge is 0.314 e. The topological polar surface area (TPSA) is 24.1 Å². The summed E-state index contributed by atoms with van der Waals surface area (Å²) in [5.41, 5.74) is 0. The lowest BCUT2D eigenvalue weighted by molar-refractivity contribution is 0.428. The summed E-state index contributed by atoms with van der Waals surface area (Å²) in [6.45, 7) is 5.88. The number of hydrogen-bond acceptors (Lipinski definition) is 2. The van der Waals surface area contributed by atoms with Gasteiger partial charge in [0.15, 0.2) is 0 Å². The third-order valence-corrected chi connectivity index (χ3v) is 3.88. The maximum Gasteiger partial charge on any atom is 0.0102 e. The number of rotatable bonds is 6. The Labute approximate surface area is 94.2 Å². The lowest BCUT2D eigenvalue weighted by Crippen LogP contribution is -2.35. The van der Waals surface area contributed by atoms with Crippen LogP contribution in [0.15, 0.2) is 0 Å². The second-order valence-corrected chi connectivity index (χ2v) is 5.49. The van der Waals surface area contributed by atoms with Crippen LogP contribution in [-0.4, -0.2) is 24.7 Å². The molecule has 0 aromatic heterocycles. The van der Waals surface area contributed by atoms with Crippen LogP contribution in [0.1, 0.15) is 52.4 Å². The molecule has 1 saturated heterocycles. The molecule has 2 aliphatic rings. The van der Waals surface area contributed by atoms with Crippen LogP contribution in [0.5, 0.6) is 0 Å². The van der Waals surface area contributed by atoms with Gasteiger partial charge in [-0.15, -0.1) is 0 Å². The Bertz CT molecular complexity index is 187. The van der Waals surface area contributed by atoms with E-state index in [2.05, 4.69) is 24.5 Å². The lowest BCUT2D eigenvalue weighted by atomic mass is 10.1. The maximum absolute atomic E-state index is 3.78. The normalized spacial score (nSPS) is 36.8. The minimum absolute atomic E-state index is 0.701. The van der Waals surface area contributed by atoms with Crippen LogP contribution < -0.4 is 10.6 Å². The standard InChI is InChI=1S/C13H26N2/c1-3-5-11-9-13(11)15-10(2)8-12-6-4-7-14-12/h10-15H,3-9H2,1-2H3. The van der Waals surface area contributed by atoms with E-state index in [4.69, 9.17) is 0 Å². The predicted molar refractivity (Wildman–Crippen MR) is 65.0 cm³/mol. The molecule has 1 saturated carbocycles. The van der Waals surface area contributed by atoms with Crippen molar-refractivity contribution in [1.82, 2.24) is 10.6 Å². The van der Waals surface area contributed by atoms with Crippen molar-refractivity contribution in [2.75, 3.05) is 6.54 Å². The third-order valence-electron chi connectivity index (χ3n) is 3.88. The molecule has 1 aliphatic carbocycles. The Morgan fingerprint density at radius 2 is 2.33 bits per heavy atom. The Hall–Kier alpha value is -0.0800. The molecule has 0 aromatic rings. The van der Waals surface area contributed by atoms with E-state index >= 15 is 0 Å². The van der Waals surface area contributed by atoms with Crippen molar-refractivity contribution in [3.05, 3.63) is 0 Å². The SMILES string of the molecule is CCCC1CC1NC(C)CC1CCCN1. The van der Waals surface area contributed by atoms with Gasteiger partial charge in [0.05, 0.1) is 0 Å². The van der Waals surface area contributed by atoms with Crippen molar-refractivity contribution in [2.24, 2.45) is 5.92 Å². The first-order valence-electron chi connectivity index (χ1n) is 6.79. The molecule has 2 nitrogen and oxygen atoms in total. The van der Waals surface area contributed by atoms with Gasteiger partial charge in [0.1, 0.15) is 0 Å². The summed E-state index contributed by atoms with van der Waals surface area (Å²) in [4.78, 5) is 0. The minimum Gasteiger partial charge on any atom is -0.314 e. The van der Waals surface area contributed by atoms with E-state index in [0.29, 0.717) is 6.04 Å². The number of hydrogen-bond donors (Lipinski definition) is 2. The molecular formula is C13H26N2. The molecule has 0 radical (unpaired) electrons. The van der Waals surface area contributed by atoms with Crippen molar-refractivity contribution in [1.29, 1.82) is 0 Å². The Balaban J connectivity index is 1.59. The molecule has 88 valence electrons. The quantitative estimate of drug-likeness (QED) is 0.703. The van der Waals surface area contributed by atoms with Crippen LogP contribution >= 0.6 is 0 Å². The third kappa shape index (κ3) is 3.46. The molecule has 0 amide bonds. The second kappa shape index (κ2) is 5.31. The highest BCUT2D eigenvalue weighted by Gasteiger charge is 2.36. The fourth-order valence-corrected chi connectivity index (χ4v) is 2.96. The Kier molecular flexibility index (Phi) is 4.04. The van der Waals surface area contributed by atoms with Crippen LogP contribution in [-0.2, 0) is 0 Å². The lowest BCUT2D eigenvalue weighted by Gasteiger charge is -2.18. The van der Waals surface area contributed by atoms with Crippen LogP contribution in [0.3, 0.4) is 0 Å². The second-order valence-electron chi connectivity index (χ2n) is 5.49. The minimum atomic E-state index is 0.701. The first-order valence-corrected chi connectivity index (χ1v) is 6.79. The van der Waals surface area contributed by atoms with E-state index in [0.717, 1.165) is 18.0 Å². The van der Waals surface area contributed by atoms with E-state index in [1.807, 2.05) is 0 Å². The molecule has 1 heterocycles. The molecule has 4 atom stereocenters. The summed E-state index contributed by atoms with van der Waals surface area (Å²) >= 11 is 0. The molecule has 2 fully saturated rings. The average Bonchev–Trinajstić information content (AvgIpc) is 2.73. The summed E-state index contributed by atoms with van der Waals surface area (Å²) in [7, 11) is 0. The summed E-state index contributed by atoms with van der Waals surface area (Å²) < 4.78 is 0. The van der Waals surface area contributed by atoms with Gasteiger partial charge in [-0.2, -0.15) is 0 Å². The van der Waals surface area contributed by atoms with E-state index in [9.17, 15) is 0 Å². The summed E-state index contributed by atoms with van der Waals surface area (Å²) in [5, 5.41) is 7.35. The first-order chi connectivity index (χ1) is 7.29. The molecule has 2 rings (SSSR count). The van der Waals surface area contributed by atoms with Crippen molar-refractivity contribution in [3.8, 4) is 0 Å². The monoisotopic (exact) mass is 210 g/mol. The fraction of sp³-hybridized carbons (Fsp3) is 1.00. The molecule has 15 heavy (non-hydrogen) atoms. The van der Waals surface area contributed by atoms with Gasteiger partial charge in [0.25, 0.3) is 0 Å². The van der Waals surface area contributed by atoms with Crippen LogP contribution in [0.2, 0.25) is 0 Å². The zero-order chi connectivity index (χ0) is 10.7. The van der Waals surface area contributed by atoms with E-state index in [1.165, 1.54) is 45.1 Å². The predicted octanol–water partition coefficient (Wildman–Crippen LogP) is 2.30. The smallest absolute Gasteiger partial charge is 0.0102 e. The van der Waals surface area contributed by atoms with Crippen molar-refractivity contribution >= 4 is 0 Å². The molecule has 4 unspecified atom stereocenters. The van der Waals surface area contributed by atoms with Crippen LogP contribution in [0.25, 0.3) is 0 Å². The highest BCUT2D eigenvalue weighted by molar-refractivity contribution is 4.94. The van der Waals surface area contributed by atoms with Gasteiger partial charge in [-0.25, -0.2) is 0 Å².